The monoisotopic (exact) mass is 337 g/mol. The normalized spacial score (nSPS) is 11.5. The molecule has 6 nitrogen and oxygen atoms in total. The molecule has 0 saturated carbocycles. The first-order valence-corrected chi connectivity index (χ1v) is 6.67. The topological polar surface area (TPSA) is 70.2 Å². The molecule has 0 aliphatic carbocycles. The van der Waals surface area contributed by atoms with Crippen molar-refractivity contribution < 1.29 is 22.3 Å². The molecule has 124 valence electrons. The second-order valence-corrected chi connectivity index (χ2v) is 4.72. The molecule has 1 aromatic carbocycles. The lowest BCUT2D eigenvalue weighted by molar-refractivity contribution is -0.137. The highest BCUT2D eigenvalue weighted by Gasteiger charge is 2.30. The van der Waals surface area contributed by atoms with E-state index in [0.717, 1.165) is 16.8 Å². The fourth-order valence-electron chi connectivity index (χ4n) is 1.97. The Kier molecular flexibility index (Phi) is 3.84. The first-order chi connectivity index (χ1) is 11.4. The van der Waals surface area contributed by atoms with Crippen LogP contribution in [0.25, 0.3) is 17.3 Å². The molecule has 0 unspecified atom stereocenters. The van der Waals surface area contributed by atoms with Gasteiger partial charge in [-0.1, -0.05) is 6.07 Å². The molecule has 0 bridgehead atoms. The minimum atomic E-state index is -4.51. The van der Waals surface area contributed by atoms with E-state index in [-0.39, 0.29) is 11.7 Å². The maximum absolute atomic E-state index is 12.5. The van der Waals surface area contributed by atoms with Crippen LogP contribution in [-0.4, -0.2) is 21.9 Å². The molecule has 0 saturated heterocycles. The van der Waals surface area contributed by atoms with Gasteiger partial charge in [-0.25, -0.2) is 9.78 Å². The third kappa shape index (κ3) is 3.00. The Balaban J connectivity index is 1.98. The highest BCUT2D eigenvalue weighted by molar-refractivity contribution is 5.55. The fourth-order valence-corrected chi connectivity index (χ4v) is 1.97. The Labute approximate surface area is 133 Å². The van der Waals surface area contributed by atoms with Crippen molar-refractivity contribution >= 4 is 0 Å². The summed E-state index contributed by atoms with van der Waals surface area (Å²) in [6, 6.07) is 8.50. The number of nitrogens with zero attached hydrogens (tertiary/aromatic N) is 3. The summed E-state index contributed by atoms with van der Waals surface area (Å²) in [5.41, 5.74) is -0.437. The Bertz CT molecular complexity index is 914. The van der Waals surface area contributed by atoms with Crippen LogP contribution in [0.3, 0.4) is 0 Å². The van der Waals surface area contributed by atoms with Crippen LogP contribution in [0, 0.1) is 0 Å². The van der Waals surface area contributed by atoms with Crippen LogP contribution < -0.4 is 10.5 Å². The summed E-state index contributed by atoms with van der Waals surface area (Å²) in [6.07, 6.45) is -3.88. The smallest absolute Gasteiger partial charge is 0.443 e. The molecule has 2 heterocycles. The van der Waals surface area contributed by atoms with Crippen molar-refractivity contribution in [3.63, 3.8) is 0 Å². The number of ether oxygens (including phenoxy) is 1. The molecular weight excluding hydrogens is 327 g/mol. The molecule has 3 aromatic rings. The van der Waals surface area contributed by atoms with Gasteiger partial charge in [0.05, 0.1) is 12.7 Å². The first kappa shape index (κ1) is 15.8. The highest BCUT2D eigenvalue weighted by atomic mass is 19.4. The van der Waals surface area contributed by atoms with E-state index in [1.807, 2.05) is 0 Å². The Hall–Kier alpha value is -3.10. The summed E-state index contributed by atoms with van der Waals surface area (Å²) in [5, 5.41) is 3.96. The van der Waals surface area contributed by atoms with E-state index in [1.54, 1.807) is 24.3 Å². The molecule has 24 heavy (non-hydrogen) atoms. The summed E-state index contributed by atoms with van der Waals surface area (Å²) < 4.78 is 48.5. The van der Waals surface area contributed by atoms with E-state index in [4.69, 9.17) is 9.15 Å². The van der Waals surface area contributed by atoms with E-state index in [0.29, 0.717) is 17.5 Å². The number of methoxy groups -OCH3 is 1. The van der Waals surface area contributed by atoms with Crippen molar-refractivity contribution in [3.05, 3.63) is 58.7 Å². The van der Waals surface area contributed by atoms with Gasteiger partial charge in [-0.15, -0.1) is 9.78 Å². The minimum absolute atomic E-state index is 0.000554. The van der Waals surface area contributed by atoms with Gasteiger partial charge in [-0.05, 0) is 30.3 Å². The third-order valence-corrected chi connectivity index (χ3v) is 3.16. The highest BCUT2D eigenvalue weighted by Crippen LogP contribution is 2.28. The second kappa shape index (κ2) is 5.84. The maximum atomic E-state index is 12.5. The van der Waals surface area contributed by atoms with Gasteiger partial charge in [0.25, 0.3) is 0 Å². The molecule has 0 fully saturated rings. The number of benzene rings is 1. The third-order valence-electron chi connectivity index (χ3n) is 3.16. The van der Waals surface area contributed by atoms with Crippen molar-refractivity contribution in [3.8, 4) is 23.0 Å². The number of halogens is 3. The van der Waals surface area contributed by atoms with Crippen molar-refractivity contribution in [2.45, 2.75) is 6.18 Å². The SMILES string of the molecule is COc1cccc(-c2nn(-c3ccc(C(F)(F)F)cn3)c(=O)o2)c1. The molecule has 9 heteroatoms. The number of pyridine rings is 1. The molecule has 0 amide bonds. The molecule has 0 N–H and O–H groups in total. The number of hydrogen-bond acceptors (Lipinski definition) is 5. The number of rotatable bonds is 3. The first-order valence-electron chi connectivity index (χ1n) is 6.67. The lowest BCUT2D eigenvalue weighted by Gasteiger charge is -2.05. The van der Waals surface area contributed by atoms with Gasteiger partial charge < -0.3 is 9.15 Å². The van der Waals surface area contributed by atoms with Gasteiger partial charge in [0.2, 0.25) is 5.89 Å². The van der Waals surface area contributed by atoms with Crippen LogP contribution >= 0.6 is 0 Å². The summed E-state index contributed by atoms with van der Waals surface area (Å²) in [7, 11) is 1.49. The molecule has 2 aromatic heterocycles. The van der Waals surface area contributed by atoms with E-state index in [2.05, 4.69) is 10.1 Å². The summed E-state index contributed by atoms with van der Waals surface area (Å²) in [4.78, 5) is 15.5. The lowest BCUT2D eigenvalue weighted by atomic mass is 10.2. The fraction of sp³-hybridized carbons (Fsp3) is 0.133. The molecule has 0 atom stereocenters. The molecule has 0 aliphatic rings. The Morgan fingerprint density at radius 2 is 2.00 bits per heavy atom. The molecular formula is C15H10F3N3O3. The van der Waals surface area contributed by atoms with Gasteiger partial charge in [0.1, 0.15) is 5.75 Å². The van der Waals surface area contributed by atoms with E-state index < -0.39 is 17.5 Å². The maximum Gasteiger partial charge on any atom is 0.443 e. The zero-order valence-corrected chi connectivity index (χ0v) is 12.2. The van der Waals surface area contributed by atoms with Crippen LogP contribution in [0.4, 0.5) is 13.2 Å². The van der Waals surface area contributed by atoms with Crippen LogP contribution in [0.2, 0.25) is 0 Å². The zero-order chi connectivity index (χ0) is 17.3. The number of alkyl halides is 3. The van der Waals surface area contributed by atoms with Crippen molar-refractivity contribution in [1.29, 1.82) is 0 Å². The van der Waals surface area contributed by atoms with Gasteiger partial charge >= 0.3 is 11.9 Å². The zero-order valence-electron chi connectivity index (χ0n) is 12.2. The van der Waals surface area contributed by atoms with Crippen molar-refractivity contribution in [1.82, 2.24) is 14.8 Å². The van der Waals surface area contributed by atoms with Crippen LogP contribution in [0.15, 0.2) is 51.8 Å². The molecule has 3 rings (SSSR count). The van der Waals surface area contributed by atoms with Crippen LogP contribution in [-0.2, 0) is 6.18 Å². The summed E-state index contributed by atoms with van der Waals surface area (Å²) in [5.74, 6) is -0.399. The minimum Gasteiger partial charge on any atom is -0.497 e. The van der Waals surface area contributed by atoms with Gasteiger partial charge in [-0.3, -0.25) is 0 Å². The predicted octanol–water partition coefficient (Wildman–Crippen LogP) is 2.91. The van der Waals surface area contributed by atoms with Gasteiger partial charge in [0, 0.05) is 11.8 Å². The Morgan fingerprint density at radius 1 is 1.21 bits per heavy atom. The average Bonchev–Trinajstić information content (AvgIpc) is 2.96. The molecule has 0 aliphatic heterocycles. The van der Waals surface area contributed by atoms with Crippen molar-refractivity contribution in [2.75, 3.05) is 7.11 Å². The van der Waals surface area contributed by atoms with E-state index in [9.17, 15) is 18.0 Å². The lowest BCUT2D eigenvalue weighted by Crippen LogP contribution is -2.15. The Morgan fingerprint density at radius 3 is 2.62 bits per heavy atom. The number of hydrogen-bond donors (Lipinski definition) is 0. The summed E-state index contributed by atoms with van der Waals surface area (Å²) in [6.45, 7) is 0. The van der Waals surface area contributed by atoms with Crippen molar-refractivity contribution in [2.24, 2.45) is 0 Å². The second-order valence-electron chi connectivity index (χ2n) is 4.72. The molecule has 0 radical (unpaired) electrons. The largest absolute Gasteiger partial charge is 0.497 e. The average molecular weight is 337 g/mol. The van der Waals surface area contributed by atoms with Crippen LogP contribution in [0.1, 0.15) is 5.56 Å². The quantitative estimate of drug-likeness (QED) is 0.735. The molecule has 0 spiro atoms. The predicted molar refractivity (Wildman–Crippen MR) is 76.9 cm³/mol. The number of aromatic nitrogens is 3. The summed E-state index contributed by atoms with van der Waals surface area (Å²) >= 11 is 0. The van der Waals surface area contributed by atoms with Gasteiger partial charge in [-0.2, -0.15) is 13.2 Å². The van der Waals surface area contributed by atoms with E-state index >= 15 is 0 Å². The van der Waals surface area contributed by atoms with Gasteiger partial charge in [0.15, 0.2) is 5.82 Å². The standard InChI is InChI=1S/C15H10F3N3O3/c1-23-11-4-2-3-9(7-11)13-20-21(14(22)24-13)12-6-5-10(8-19-12)15(16,17)18/h2-8H,1H3. The van der Waals surface area contributed by atoms with E-state index in [1.165, 1.54) is 7.11 Å². The van der Waals surface area contributed by atoms with Crippen LogP contribution in [0.5, 0.6) is 5.75 Å².